The zero-order valence-corrected chi connectivity index (χ0v) is 19.1. The number of hydrogen-bond acceptors (Lipinski definition) is 10. The molecule has 1 saturated heterocycles. The number of halogens is 1. The van der Waals surface area contributed by atoms with Gasteiger partial charge in [-0.1, -0.05) is 23.7 Å². The number of aliphatic hydroxyl groups excluding tert-OH is 1. The molecule has 0 unspecified atom stereocenters. The van der Waals surface area contributed by atoms with Crippen molar-refractivity contribution in [3.63, 3.8) is 0 Å². The van der Waals surface area contributed by atoms with Gasteiger partial charge in [0.1, 0.15) is 5.82 Å². The lowest BCUT2D eigenvalue weighted by molar-refractivity contribution is 0.0997. The SMILES string of the molecule is Cc1nc(Nc2ncc(C(=O)Nc3c(C)cccc3Cl)o2)nc(N2CCN(CCO)CC2)n1. The van der Waals surface area contributed by atoms with Crippen LogP contribution in [-0.2, 0) is 0 Å². The molecule has 4 rings (SSSR count). The molecular formula is C21H25ClN8O3. The first-order valence-electron chi connectivity index (χ1n) is 10.5. The van der Waals surface area contributed by atoms with E-state index in [2.05, 4.69) is 40.4 Å². The fraction of sp³-hybridized carbons (Fsp3) is 0.381. The summed E-state index contributed by atoms with van der Waals surface area (Å²) in [6.45, 7) is 7.55. The van der Waals surface area contributed by atoms with Crippen LogP contribution in [0, 0.1) is 13.8 Å². The maximum Gasteiger partial charge on any atom is 0.302 e. The Kier molecular flexibility index (Phi) is 7.02. The molecular weight excluding hydrogens is 448 g/mol. The molecule has 1 fully saturated rings. The molecule has 0 bridgehead atoms. The zero-order valence-electron chi connectivity index (χ0n) is 18.4. The summed E-state index contributed by atoms with van der Waals surface area (Å²) in [4.78, 5) is 34.1. The molecule has 1 aliphatic rings. The van der Waals surface area contributed by atoms with Gasteiger partial charge in [-0.15, -0.1) is 0 Å². The number of piperazine rings is 1. The Bertz CT molecular complexity index is 1110. The van der Waals surface area contributed by atoms with Crippen LogP contribution in [0.25, 0.3) is 0 Å². The number of hydrogen-bond donors (Lipinski definition) is 3. The smallest absolute Gasteiger partial charge is 0.302 e. The van der Waals surface area contributed by atoms with Crippen molar-refractivity contribution < 1.29 is 14.3 Å². The molecule has 3 aromatic rings. The zero-order chi connectivity index (χ0) is 23.4. The van der Waals surface area contributed by atoms with Crippen molar-refractivity contribution in [3.8, 4) is 0 Å². The minimum absolute atomic E-state index is 0.0165. The molecule has 0 saturated carbocycles. The number of para-hydroxylation sites is 1. The predicted octanol–water partition coefficient (Wildman–Crippen LogP) is 2.24. The summed E-state index contributed by atoms with van der Waals surface area (Å²) in [6, 6.07) is 5.44. The number of amides is 1. The Morgan fingerprint density at radius 3 is 2.70 bits per heavy atom. The van der Waals surface area contributed by atoms with Gasteiger partial charge in [-0.2, -0.15) is 15.0 Å². The van der Waals surface area contributed by atoms with Gasteiger partial charge in [0.05, 0.1) is 23.5 Å². The van der Waals surface area contributed by atoms with E-state index in [4.69, 9.17) is 21.1 Å². The number of nitrogens with one attached hydrogen (secondary N) is 2. The number of carbonyl (C=O) groups excluding carboxylic acids is 1. The van der Waals surface area contributed by atoms with Gasteiger partial charge in [-0.3, -0.25) is 15.0 Å². The number of aliphatic hydroxyl groups is 1. The molecule has 0 aliphatic carbocycles. The van der Waals surface area contributed by atoms with Crippen molar-refractivity contribution in [2.24, 2.45) is 0 Å². The summed E-state index contributed by atoms with van der Waals surface area (Å²) in [7, 11) is 0. The van der Waals surface area contributed by atoms with E-state index in [1.165, 1.54) is 6.20 Å². The summed E-state index contributed by atoms with van der Waals surface area (Å²) in [5.74, 6) is 0.903. The van der Waals surface area contributed by atoms with Crippen LogP contribution < -0.4 is 15.5 Å². The molecule has 0 spiro atoms. The van der Waals surface area contributed by atoms with Gasteiger partial charge in [-0.25, -0.2) is 4.98 Å². The standard InChI is InChI=1S/C21H25ClN8O3/c1-13-4-3-5-15(22)17(13)26-18(32)16-12-23-21(33-16)28-19-24-14(2)25-20(27-19)30-8-6-29(7-9-30)10-11-31/h3-5,12,31H,6-11H2,1-2H3,(H,26,32)(H,23,24,25,27,28). The van der Waals surface area contributed by atoms with Gasteiger partial charge < -0.3 is 19.7 Å². The van der Waals surface area contributed by atoms with Crippen molar-refractivity contribution in [3.05, 3.63) is 46.6 Å². The van der Waals surface area contributed by atoms with Crippen molar-refractivity contribution in [2.75, 3.05) is 54.9 Å². The third-order valence-corrected chi connectivity index (χ3v) is 5.53. The second-order valence-electron chi connectivity index (χ2n) is 7.60. The number of nitrogens with zero attached hydrogens (tertiary/aromatic N) is 6. The first-order chi connectivity index (χ1) is 15.9. The van der Waals surface area contributed by atoms with Crippen molar-refractivity contribution in [2.45, 2.75) is 13.8 Å². The lowest BCUT2D eigenvalue weighted by Crippen LogP contribution is -2.47. The molecule has 1 amide bonds. The number of oxazole rings is 1. The number of rotatable bonds is 7. The van der Waals surface area contributed by atoms with E-state index < -0.39 is 5.91 Å². The fourth-order valence-corrected chi connectivity index (χ4v) is 3.74. The number of β-amino-alcohol motifs (C(OH)–C–C–N with tert-alkyl or cyclic N) is 1. The molecule has 1 aliphatic heterocycles. The Morgan fingerprint density at radius 1 is 1.18 bits per heavy atom. The molecule has 2 aromatic heterocycles. The van der Waals surface area contributed by atoms with Crippen LogP contribution in [0.15, 0.2) is 28.8 Å². The van der Waals surface area contributed by atoms with Crippen molar-refractivity contribution >= 4 is 41.1 Å². The van der Waals surface area contributed by atoms with E-state index in [1.54, 1.807) is 13.0 Å². The molecule has 174 valence electrons. The summed E-state index contributed by atoms with van der Waals surface area (Å²) in [6.07, 6.45) is 1.32. The second kappa shape index (κ2) is 10.1. The highest BCUT2D eigenvalue weighted by Gasteiger charge is 2.21. The number of benzene rings is 1. The van der Waals surface area contributed by atoms with E-state index in [0.717, 1.165) is 31.7 Å². The highest BCUT2D eigenvalue weighted by atomic mass is 35.5. The molecule has 0 radical (unpaired) electrons. The lowest BCUT2D eigenvalue weighted by Gasteiger charge is -2.34. The fourth-order valence-electron chi connectivity index (χ4n) is 3.48. The molecule has 0 atom stereocenters. The van der Waals surface area contributed by atoms with Crippen molar-refractivity contribution in [1.29, 1.82) is 0 Å². The van der Waals surface area contributed by atoms with E-state index in [0.29, 0.717) is 29.0 Å². The summed E-state index contributed by atoms with van der Waals surface area (Å²) >= 11 is 6.18. The third-order valence-electron chi connectivity index (χ3n) is 5.22. The van der Waals surface area contributed by atoms with E-state index in [1.807, 2.05) is 19.1 Å². The second-order valence-corrected chi connectivity index (χ2v) is 8.01. The summed E-state index contributed by atoms with van der Waals surface area (Å²) < 4.78 is 5.55. The van der Waals surface area contributed by atoms with Crippen LogP contribution in [0.5, 0.6) is 0 Å². The maximum absolute atomic E-state index is 12.6. The quantitative estimate of drug-likeness (QED) is 0.470. The lowest BCUT2D eigenvalue weighted by atomic mass is 10.2. The van der Waals surface area contributed by atoms with Gasteiger partial charge in [0.25, 0.3) is 5.91 Å². The Labute approximate surface area is 195 Å². The van der Waals surface area contributed by atoms with Gasteiger partial charge >= 0.3 is 6.01 Å². The summed E-state index contributed by atoms with van der Waals surface area (Å²) in [5.41, 5.74) is 1.35. The van der Waals surface area contributed by atoms with Crippen LogP contribution in [0.3, 0.4) is 0 Å². The predicted molar refractivity (Wildman–Crippen MR) is 124 cm³/mol. The number of anilines is 4. The van der Waals surface area contributed by atoms with Crippen LogP contribution in [-0.4, -0.2) is 75.2 Å². The van der Waals surface area contributed by atoms with E-state index >= 15 is 0 Å². The van der Waals surface area contributed by atoms with Gasteiger partial charge in [0.2, 0.25) is 17.7 Å². The van der Waals surface area contributed by atoms with Gasteiger partial charge in [-0.05, 0) is 25.5 Å². The molecule has 11 nitrogen and oxygen atoms in total. The molecule has 12 heteroatoms. The number of carbonyl (C=O) groups is 1. The average Bonchev–Trinajstić information content (AvgIpc) is 3.25. The molecule has 3 N–H and O–H groups in total. The van der Waals surface area contributed by atoms with Crippen LogP contribution >= 0.6 is 11.6 Å². The van der Waals surface area contributed by atoms with Crippen LogP contribution in [0.4, 0.5) is 23.6 Å². The Hall–Kier alpha value is -3.28. The largest absolute Gasteiger partial charge is 0.418 e. The minimum Gasteiger partial charge on any atom is -0.418 e. The molecule has 33 heavy (non-hydrogen) atoms. The third kappa shape index (κ3) is 5.56. The normalized spacial score (nSPS) is 14.4. The monoisotopic (exact) mass is 472 g/mol. The van der Waals surface area contributed by atoms with Crippen molar-refractivity contribution in [1.82, 2.24) is 24.8 Å². The molecule has 1 aromatic carbocycles. The summed E-state index contributed by atoms with van der Waals surface area (Å²) in [5, 5.41) is 15.2. The van der Waals surface area contributed by atoms with E-state index in [-0.39, 0.29) is 24.3 Å². The highest BCUT2D eigenvalue weighted by molar-refractivity contribution is 6.34. The topological polar surface area (TPSA) is 133 Å². The van der Waals surface area contributed by atoms with Crippen LogP contribution in [0.1, 0.15) is 21.9 Å². The molecule has 3 heterocycles. The maximum atomic E-state index is 12.6. The van der Waals surface area contributed by atoms with E-state index in [9.17, 15) is 4.79 Å². The van der Waals surface area contributed by atoms with Gasteiger partial charge in [0, 0.05) is 32.7 Å². The first kappa shape index (κ1) is 22.9. The number of aryl methyl sites for hydroxylation is 2. The number of aromatic nitrogens is 4. The Morgan fingerprint density at radius 2 is 1.97 bits per heavy atom. The minimum atomic E-state index is -0.472. The first-order valence-corrected chi connectivity index (χ1v) is 10.9. The average molecular weight is 473 g/mol. The highest BCUT2D eigenvalue weighted by Crippen LogP contribution is 2.26. The Balaban J connectivity index is 1.43. The van der Waals surface area contributed by atoms with Crippen LogP contribution in [0.2, 0.25) is 5.02 Å². The van der Waals surface area contributed by atoms with Gasteiger partial charge in [0.15, 0.2) is 0 Å².